The first-order valence-corrected chi connectivity index (χ1v) is 5.79. The predicted octanol–water partition coefficient (Wildman–Crippen LogP) is 2.99. The van der Waals surface area contributed by atoms with Crippen LogP contribution in [-0.2, 0) is 0 Å². The van der Waals surface area contributed by atoms with Gasteiger partial charge in [0.2, 0.25) is 0 Å². The Hall–Kier alpha value is -1.18. The summed E-state index contributed by atoms with van der Waals surface area (Å²) >= 11 is 0. The fourth-order valence-electron chi connectivity index (χ4n) is 2.20. The van der Waals surface area contributed by atoms with Crippen molar-refractivity contribution in [2.24, 2.45) is 0 Å². The standard InChI is InChI=1S/C13H19NO/c1-3-15-12-6-7-13(11(2)10-12)14-8-4-5-9-14/h6-7,10H,3-5,8-9H2,1-2H3. The summed E-state index contributed by atoms with van der Waals surface area (Å²) in [7, 11) is 0. The summed E-state index contributed by atoms with van der Waals surface area (Å²) in [5.74, 6) is 0.984. The Labute approximate surface area is 91.9 Å². The van der Waals surface area contributed by atoms with Crippen LogP contribution in [0.5, 0.6) is 5.75 Å². The van der Waals surface area contributed by atoms with Crippen molar-refractivity contribution >= 4 is 5.69 Å². The Morgan fingerprint density at radius 1 is 1.27 bits per heavy atom. The van der Waals surface area contributed by atoms with Gasteiger partial charge >= 0.3 is 0 Å². The summed E-state index contributed by atoms with van der Waals surface area (Å²) in [4.78, 5) is 2.46. The lowest BCUT2D eigenvalue weighted by Gasteiger charge is -2.20. The van der Waals surface area contributed by atoms with E-state index in [9.17, 15) is 0 Å². The summed E-state index contributed by atoms with van der Waals surface area (Å²) in [6.45, 7) is 7.33. The van der Waals surface area contributed by atoms with E-state index in [1.807, 2.05) is 6.92 Å². The molecule has 2 nitrogen and oxygen atoms in total. The molecule has 1 saturated heterocycles. The fraction of sp³-hybridized carbons (Fsp3) is 0.538. The largest absolute Gasteiger partial charge is 0.494 e. The summed E-state index contributed by atoms with van der Waals surface area (Å²) < 4.78 is 5.49. The second kappa shape index (κ2) is 4.56. The number of nitrogens with zero attached hydrogens (tertiary/aromatic N) is 1. The average molecular weight is 205 g/mol. The first-order valence-electron chi connectivity index (χ1n) is 5.79. The average Bonchev–Trinajstić information content (AvgIpc) is 2.71. The van der Waals surface area contributed by atoms with E-state index in [2.05, 4.69) is 30.0 Å². The molecule has 1 heterocycles. The van der Waals surface area contributed by atoms with Gasteiger partial charge in [-0.25, -0.2) is 0 Å². The van der Waals surface area contributed by atoms with E-state index < -0.39 is 0 Å². The molecule has 0 radical (unpaired) electrons. The number of ether oxygens (including phenoxy) is 1. The fourth-order valence-corrected chi connectivity index (χ4v) is 2.20. The molecule has 0 unspecified atom stereocenters. The lowest BCUT2D eigenvalue weighted by Crippen LogP contribution is -2.18. The van der Waals surface area contributed by atoms with E-state index in [-0.39, 0.29) is 0 Å². The molecule has 0 aliphatic carbocycles. The highest BCUT2D eigenvalue weighted by molar-refractivity contribution is 5.56. The molecular formula is C13H19NO. The Morgan fingerprint density at radius 2 is 2.00 bits per heavy atom. The normalized spacial score (nSPS) is 15.7. The second-order valence-electron chi connectivity index (χ2n) is 4.08. The number of rotatable bonds is 3. The van der Waals surface area contributed by atoms with Crippen molar-refractivity contribution in [2.45, 2.75) is 26.7 Å². The van der Waals surface area contributed by atoms with Crippen LogP contribution in [0.25, 0.3) is 0 Å². The van der Waals surface area contributed by atoms with Crippen molar-refractivity contribution in [3.8, 4) is 5.75 Å². The molecular weight excluding hydrogens is 186 g/mol. The first kappa shape index (κ1) is 10.3. The van der Waals surface area contributed by atoms with Crippen molar-refractivity contribution in [1.82, 2.24) is 0 Å². The zero-order chi connectivity index (χ0) is 10.7. The third-order valence-corrected chi connectivity index (χ3v) is 2.93. The zero-order valence-electron chi connectivity index (χ0n) is 9.62. The Balaban J connectivity index is 2.18. The minimum atomic E-state index is 0.739. The molecule has 1 aromatic carbocycles. The first-order chi connectivity index (χ1) is 7.31. The molecule has 2 heteroatoms. The highest BCUT2D eigenvalue weighted by Gasteiger charge is 2.14. The molecule has 0 atom stereocenters. The summed E-state index contributed by atoms with van der Waals surface area (Å²) in [6, 6.07) is 6.40. The molecule has 82 valence electrons. The van der Waals surface area contributed by atoms with Gasteiger partial charge in [0.25, 0.3) is 0 Å². The van der Waals surface area contributed by atoms with Gasteiger partial charge in [-0.1, -0.05) is 0 Å². The number of hydrogen-bond acceptors (Lipinski definition) is 2. The molecule has 1 fully saturated rings. The van der Waals surface area contributed by atoms with E-state index in [4.69, 9.17) is 4.74 Å². The summed E-state index contributed by atoms with van der Waals surface area (Å²) in [5.41, 5.74) is 2.69. The van der Waals surface area contributed by atoms with E-state index in [0.29, 0.717) is 0 Å². The van der Waals surface area contributed by atoms with Crippen LogP contribution >= 0.6 is 0 Å². The van der Waals surface area contributed by atoms with Crippen molar-refractivity contribution in [3.05, 3.63) is 23.8 Å². The molecule has 1 aliphatic rings. The highest BCUT2D eigenvalue weighted by Crippen LogP contribution is 2.27. The van der Waals surface area contributed by atoms with Gasteiger partial charge in [-0.15, -0.1) is 0 Å². The van der Waals surface area contributed by atoms with Crippen LogP contribution in [0, 0.1) is 6.92 Å². The predicted molar refractivity (Wildman–Crippen MR) is 63.8 cm³/mol. The molecule has 0 aromatic heterocycles. The highest BCUT2D eigenvalue weighted by atomic mass is 16.5. The monoisotopic (exact) mass is 205 g/mol. The maximum atomic E-state index is 5.49. The number of hydrogen-bond donors (Lipinski definition) is 0. The molecule has 0 amide bonds. The van der Waals surface area contributed by atoms with Crippen molar-refractivity contribution in [2.75, 3.05) is 24.6 Å². The van der Waals surface area contributed by atoms with Gasteiger partial charge in [0.05, 0.1) is 6.61 Å². The van der Waals surface area contributed by atoms with Crippen LogP contribution in [0.2, 0.25) is 0 Å². The van der Waals surface area contributed by atoms with Gasteiger partial charge in [0, 0.05) is 18.8 Å². The molecule has 0 saturated carbocycles. The third-order valence-electron chi connectivity index (χ3n) is 2.93. The van der Waals surface area contributed by atoms with Crippen LogP contribution in [-0.4, -0.2) is 19.7 Å². The molecule has 1 aromatic rings. The Kier molecular flexibility index (Phi) is 3.14. The Morgan fingerprint density at radius 3 is 2.60 bits per heavy atom. The maximum Gasteiger partial charge on any atom is 0.119 e. The second-order valence-corrected chi connectivity index (χ2v) is 4.08. The Bertz CT molecular complexity index is 329. The van der Waals surface area contributed by atoms with Gasteiger partial charge in [-0.05, 0) is 50.5 Å². The lowest BCUT2D eigenvalue weighted by atomic mass is 10.1. The van der Waals surface area contributed by atoms with Gasteiger partial charge in [-0.3, -0.25) is 0 Å². The van der Waals surface area contributed by atoms with Gasteiger partial charge < -0.3 is 9.64 Å². The van der Waals surface area contributed by atoms with E-state index >= 15 is 0 Å². The van der Waals surface area contributed by atoms with Crippen LogP contribution in [0.3, 0.4) is 0 Å². The van der Waals surface area contributed by atoms with Gasteiger partial charge in [-0.2, -0.15) is 0 Å². The molecule has 0 spiro atoms. The quantitative estimate of drug-likeness (QED) is 0.752. The van der Waals surface area contributed by atoms with Crippen LogP contribution < -0.4 is 9.64 Å². The lowest BCUT2D eigenvalue weighted by molar-refractivity contribution is 0.340. The summed E-state index contributed by atoms with van der Waals surface area (Å²) in [6.07, 6.45) is 2.65. The molecule has 1 aliphatic heterocycles. The van der Waals surface area contributed by atoms with E-state index in [0.717, 1.165) is 12.4 Å². The van der Waals surface area contributed by atoms with Crippen LogP contribution in [0.1, 0.15) is 25.3 Å². The van der Waals surface area contributed by atoms with Gasteiger partial charge in [0.1, 0.15) is 5.75 Å². The van der Waals surface area contributed by atoms with Crippen LogP contribution in [0.15, 0.2) is 18.2 Å². The smallest absolute Gasteiger partial charge is 0.119 e. The van der Waals surface area contributed by atoms with Crippen LogP contribution in [0.4, 0.5) is 5.69 Å². The third kappa shape index (κ3) is 2.25. The number of anilines is 1. The number of aryl methyl sites for hydroxylation is 1. The number of benzene rings is 1. The van der Waals surface area contributed by atoms with E-state index in [1.165, 1.54) is 37.2 Å². The summed E-state index contributed by atoms with van der Waals surface area (Å²) in [5, 5.41) is 0. The van der Waals surface area contributed by atoms with E-state index in [1.54, 1.807) is 0 Å². The molecule has 0 bridgehead atoms. The molecule has 0 N–H and O–H groups in total. The van der Waals surface area contributed by atoms with Gasteiger partial charge in [0.15, 0.2) is 0 Å². The zero-order valence-corrected chi connectivity index (χ0v) is 9.62. The van der Waals surface area contributed by atoms with Crippen molar-refractivity contribution in [3.63, 3.8) is 0 Å². The SMILES string of the molecule is CCOc1ccc(N2CCCC2)c(C)c1. The van der Waals surface area contributed by atoms with Crippen molar-refractivity contribution < 1.29 is 4.74 Å². The maximum absolute atomic E-state index is 5.49. The van der Waals surface area contributed by atoms with Crippen molar-refractivity contribution in [1.29, 1.82) is 0 Å². The molecule has 15 heavy (non-hydrogen) atoms. The minimum Gasteiger partial charge on any atom is -0.494 e. The topological polar surface area (TPSA) is 12.5 Å². The molecule has 2 rings (SSSR count). The minimum absolute atomic E-state index is 0.739.